The number of carbonyl (C=O) groups is 2. The number of halogens is 2. The monoisotopic (exact) mass is 389 g/mol. The Balaban J connectivity index is 2.37. The maximum absolute atomic E-state index is 12.2. The second-order valence-corrected chi connectivity index (χ2v) is 6.92. The SMILES string of the molecule is COc1c(Cl)cc(C=C2SC(=O)N(C(C)C)C2=O)cc1Br. The first-order chi connectivity index (χ1) is 9.85. The van der Waals surface area contributed by atoms with Crippen molar-refractivity contribution in [1.29, 1.82) is 0 Å². The summed E-state index contributed by atoms with van der Waals surface area (Å²) in [5.41, 5.74) is 0.724. The van der Waals surface area contributed by atoms with Gasteiger partial charge in [0.2, 0.25) is 0 Å². The standard InChI is InChI=1S/C14H13BrClNO3S/c1-7(2)17-13(18)11(21-14(17)19)6-8-4-9(15)12(20-3)10(16)5-8/h4-7H,1-3H3. The predicted molar refractivity (Wildman–Crippen MR) is 88.7 cm³/mol. The van der Waals surface area contributed by atoms with Crippen LogP contribution >= 0.6 is 39.3 Å². The third-order valence-electron chi connectivity index (χ3n) is 2.86. The molecule has 0 saturated carbocycles. The van der Waals surface area contributed by atoms with Gasteiger partial charge in [-0.15, -0.1) is 0 Å². The Bertz CT molecular complexity index is 622. The van der Waals surface area contributed by atoms with Crippen molar-refractivity contribution in [2.75, 3.05) is 7.11 Å². The molecule has 0 atom stereocenters. The summed E-state index contributed by atoms with van der Waals surface area (Å²) in [7, 11) is 1.53. The molecular formula is C14H13BrClNO3S. The minimum Gasteiger partial charge on any atom is -0.494 e. The molecule has 112 valence electrons. The molecule has 0 spiro atoms. The van der Waals surface area contributed by atoms with Crippen LogP contribution in [-0.2, 0) is 4.79 Å². The fourth-order valence-corrected chi connectivity index (χ4v) is 3.95. The molecule has 1 aliphatic rings. The van der Waals surface area contributed by atoms with Gasteiger partial charge in [0.25, 0.3) is 11.1 Å². The highest BCUT2D eigenvalue weighted by molar-refractivity contribution is 9.10. The zero-order valence-electron chi connectivity index (χ0n) is 11.6. The second kappa shape index (κ2) is 6.42. The molecule has 1 aliphatic heterocycles. The minimum atomic E-state index is -0.275. The summed E-state index contributed by atoms with van der Waals surface area (Å²) < 4.78 is 5.84. The molecule has 1 aromatic carbocycles. The normalized spacial score (nSPS) is 17.2. The molecule has 1 aromatic rings. The summed E-state index contributed by atoms with van der Waals surface area (Å²) in [5.74, 6) is 0.257. The highest BCUT2D eigenvalue weighted by Gasteiger charge is 2.36. The number of rotatable bonds is 3. The average Bonchev–Trinajstić information content (AvgIpc) is 2.63. The summed E-state index contributed by atoms with van der Waals surface area (Å²) >= 11 is 10.4. The maximum Gasteiger partial charge on any atom is 0.293 e. The molecule has 7 heteroatoms. The minimum absolute atomic E-state index is 0.158. The smallest absolute Gasteiger partial charge is 0.293 e. The molecule has 1 saturated heterocycles. The number of benzene rings is 1. The van der Waals surface area contributed by atoms with E-state index >= 15 is 0 Å². The van der Waals surface area contributed by atoms with Gasteiger partial charge in [-0.3, -0.25) is 14.5 Å². The molecular weight excluding hydrogens is 378 g/mol. The number of hydrogen-bond acceptors (Lipinski definition) is 4. The molecule has 0 aromatic heterocycles. The van der Waals surface area contributed by atoms with Crippen LogP contribution in [0.3, 0.4) is 0 Å². The Morgan fingerprint density at radius 1 is 1.38 bits per heavy atom. The van der Waals surface area contributed by atoms with E-state index in [1.165, 1.54) is 12.0 Å². The second-order valence-electron chi connectivity index (χ2n) is 4.66. The van der Waals surface area contributed by atoms with Gasteiger partial charge in [0, 0.05) is 6.04 Å². The van der Waals surface area contributed by atoms with E-state index < -0.39 is 0 Å². The lowest BCUT2D eigenvalue weighted by atomic mass is 10.2. The van der Waals surface area contributed by atoms with Gasteiger partial charge in [-0.2, -0.15) is 0 Å². The Hall–Kier alpha value is -0.980. The molecule has 0 unspecified atom stereocenters. The first kappa shape index (κ1) is 16.4. The number of nitrogens with zero attached hydrogens (tertiary/aromatic N) is 1. The molecule has 21 heavy (non-hydrogen) atoms. The molecule has 0 bridgehead atoms. The van der Waals surface area contributed by atoms with Crippen LogP contribution in [0.25, 0.3) is 6.08 Å². The lowest BCUT2D eigenvalue weighted by Crippen LogP contribution is -2.34. The molecule has 0 N–H and O–H groups in total. The fourth-order valence-electron chi connectivity index (χ4n) is 1.93. The summed E-state index contributed by atoms with van der Waals surface area (Å²) in [6, 6.07) is 3.32. The van der Waals surface area contributed by atoms with E-state index in [-0.39, 0.29) is 17.2 Å². The van der Waals surface area contributed by atoms with E-state index in [4.69, 9.17) is 16.3 Å². The van der Waals surface area contributed by atoms with Crippen molar-refractivity contribution < 1.29 is 14.3 Å². The number of imide groups is 1. The van der Waals surface area contributed by atoms with E-state index in [9.17, 15) is 9.59 Å². The molecule has 2 rings (SSSR count). The van der Waals surface area contributed by atoms with Crippen LogP contribution in [0, 0.1) is 0 Å². The van der Waals surface area contributed by atoms with Crippen LogP contribution in [0.4, 0.5) is 4.79 Å². The first-order valence-corrected chi connectivity index (χ1v) is 8.14. The van der Waals surface area contributed by atoms with Gasteiger partial charge in [0.05, 0.1) is 21.5 Å². The van der Waals surface area contributed by atoms with E-state index in [0.717, 1.165) is 17.3 Å². The van der Waals surface area contributed by atoms with E-state index in [0.29, 0.717) is 20.2 Å². The number of amides is 2. The number of hydrogen-bond donors (Lipinski definition) is 0. The maximum atomic E-state index is 12.2. The summed E-state index contributed by atoms with van der Waals surface area (Å²) in [6.07, 6.45) is 1.66. The lowest BCUT2D eigenvalue weighted by Gasteiger charge is -2.16. The molecule has 1 fully saturated rings. The summed E-state index contributed by atoms with van der Waals surface area (Å²) in [4.78, 5) is 25.7. The summed E-state index contributed by atoms with van der Waals surface area (Å²) in [6.45, 7) is 3.61. The van der Waals surface area contributed by atoms with Crippen molar-refractivity contribution in [2.45, 2.75) is 19.9 Å². The molecule has 1 heterocycles. The van der Waals surface area contributed by atoms with Gasteiger partial charge in [-0.1, -0.05) is 11.6 Å². The highest BCUT2D eigenvalue weighted by atomic mass is 79.9. The van der Waals surface area contributed by atoms with Crippen LogP contribution in [0.1, 0.15) is 19.4 Å². The Kier molecular flexibility index (Phi) is 5.01. The van der Waals surface area contributed by atoms with Crippen molar-refractivity contribution in [2.24, 2.45) is 0 Å². The molecule has 4 nitrogen and oxygen atoms in total. The third kappa shape index (κ3) is 3.27. The van der Waals surface area contributed by atoms with Gasteiger partial charge in [0.1, 0.15) is 0 Å². The highest BCUT2D eigenvalue weighted by Crippen LogP contribution is 2.37. The van der Waals surface area contributed by atoms with Gasteiger partial charge in [-0.25, -0.2) is 0 Å². The van der Waals surface area contributed by atoms with Crippen molar-refractivity contribution in [3.8, 4) is 5.75 Å². The lowest BCUT2D eigenvalue weighted by molar-refractivity contribution is -0.123. The quantitative estimate of drug-likeness (QED) is 0.710. The fraction of sp³-hybridized carbons (Fsp3) is 0.286. The number of methoxy groups -OCH3 is 1. The van der Waals surface area contributed by atoms with Crippen molar-refractivity contribution in [1.82, 2.24) is 4.90 Å². The van der Waals surface area contributed by atoms with E-state index in [2.05, 4.69) is 15.9 Å². The zero-order valence-corrected chi connectivity index (χ0v) is 14.8. The molecule has 0 aliphatic carbocycles. The van der Waals surface area contributed by atoms with Gasteiger partial charge >= 0.3 is 0 Å². The zero-order chi connectivity index (χ0) is 15.7. The number of carbonyl (C=O) groups excluding carboxylic acids is 2. The van der Waals surface area contributed by atoms with Gasteiger partial charge in [-0.05, 0) is 65.3 Å². The van der Waals surface area contributed by atoms with Gasteiger partial charge in [0.15, 0.2) is 5.75 Å². The van der Waals surface area contributed by atoms with Crippen molar-refractivity contribution in [3.05, 3.63) is 32.1 Å². The van der Waals surface area contributed by atoms with Crippen molar-refractivity contribution >= 4 is 56.5 Å². The topological polar surface area (TPSA) is 46.6 Å². The van der Waals surface area contributed by atoms with E-state index in [1.807, 2.05) is 0 Å². The van der Waals surface area contributed by atoms with Crippen LogP contribution in [-0.4, -0.2) is 29.2 Å². The van der Waals surface area contributed by atoms with Crippen LogP contribution in [0.2, 0.25) is 5.02 Å². The Morgan fingerprint density at radius 2 is 2.05 bits per heavy atom. The van der Waals surface area contributed by atoms with Crippen LogP contribution in [0.15, 0.2) is 21.5 Å². The van der Waals surface area contributed by atoms with E-state index in [1.54, 1.807) is 32.1 Å². The van der Waals surface area contributed by atoms with Gasteiger partial charge < -0.3 is 4.74 Å². The first-order valence-electron chi connectivity index (χ1n) is 6.15. The predicted octanol–water partition coefficient (Wildman–Crippen LogP) is 4.56. The number of thioether (sulfide) groups is 1. The van der Waals surface area contributed by atoms with Crippen LogP contribution in [0.5, 0.6) is 5.75 Å². The van der Waals surface area contributed by atoms with Crippen LogP contribution < -0.4 is 4.74 Å². The molecule has 2 amide bonds. The Labute approximate surface area is 140 Å². The third-order valence-corrected chi connectivity index (χ3v) is 4.62. The Morgan fingerprint density at radius 3 is 2.52 bits per heavy atom. The van der Waals surface area contributed by atoms with Crippen molar-refractivity contribution in [3.63, 3.8) is 0 Å². The average molecular weight is 391 g/mol. The number of ether oxygens (including phenoxy) is 1. The molecule has 0 radical (unpaired) electrons. The largest absolute Gasteiger partial charge is 0.494 e. The summed E-state index contributed by atoms with van der Waals surface area (Å²) in [5, 5.41) is 0.182.